The molecule has 0 bridgehead atoms. The third-order valence-corrected chi connectivity index (χ3v) is 4.69. The largest absolute Gasteiger partial charge is 0.365 e. The van der Waals surface area contributed by atoms with Crippen molar-refractivity contribution in [3.05, 3.63) is 65.3 Å². The van der Waals surface area contributed by atoms with Gasteiger partial charge in [0.2, 0.25) is 0 Å². The van der Waals surface area contributed by atoms with Gasteiger partial charge in [-0.2, -0.15) is 0 Å². The Balaban J connectivity index is 1.56. The molecular weight excluding hydrogens is 278 g/mol. The number of fused-ring (bicyclic) bond motifs is 1. The molecule has 104 valence electrons. The second-order valence-corrected chi connectivity index (χ2v) is 6.02. The first-order valence-electron chi connectivity index (χ1n) is 7.09. The van der Waals surface area contributed by atoms with Gasteiger partial charge in [-0.25, -0.2) is 4.98 Å². The topological polar surface area (TPSA) is 29.0 Å². The average Bonchev–Trinajstić information content (AvgIpc) is 3.17. The summed E-state index contributed by atoms with van der Waals surface area (Å²) in [4.78, 5) is 11.5. The molecule has 2 aromatic heterocycles. The van der Waals surface area contributed by atoms with E-state index in [-0.39, 0.29) is 0 Å². The van der Waals surface area contributed by atoms with Gasteiger partial charge in [0.25, 0.3) is 0 Å². The van der Waals surface area contributed by atoms with Crippen molar-refractivity contribution in [2.45, 2.75) is 13.0 Å². The van der Waals surface area contributed by atoms with E-state index in [2.05, 4.69) is 39.5 Å². The second-order valence-electron chi connectivity index (χ2n) is 5.16. The predicted molar refractivity (Wildman–Crippen MR) is 86.5 cm³/mol. The van der Waals surface area contributed by atoms with Crippen molar-refractivity contribution < 1.29 is 0 Å². The maximum absolute atomic E-state index is 4.73. The molecule has 0 saturated heterocycles. The highest BCUT2D eigenvalue weighted by atomic mass is 32.1. The number of aromatic nitrogens is 2. The number of benzene rings is 1. The lowest BCUT2D eigenvalue weighted by Crippen LogP contribution is -2.19. The highest BCUT2D eigenvalue weighted by molar-refractivity contribution is 7.13. The van der Waals surface area contributed by atoms with Crippen LogP contribution in [0.2, 0.25) is 0 Å². The van der Waals surface area contributed by atoms with E-state index < -0.39 is 0 Å². The number of anilines is 1. The minimum absolute atomic E-state index is 0.875. The van der Waals surface area contributed by atoms with E-state index >= 15 is 0 Å². The lowest BCUT2D eigenvalue weighted by Gasteiger charge is -2.17. The molecule has 3 nitrogen and oxygen atoms in total. The number of hydrogen-bond donors (Lipinski definition) is 0. The summed E-state index contributed by atoms with van der Waals surface area (Å²) in [6.07, 6.45) is 2.94. The van der Waals surface area contributed by atoms with E-state index in [1.165, 1.54) is 11.3 Å². The van der Waals surface area contributed by atoms with Gasteiger partial charge < -0.3 is 4.90 Å². The van der Waals surface area contributed by atoms with Crippen LogP contribution in [0.15, 0.2) is 54.0 Å². The molecule has 0 aliphatic carbocycles. The van der Waals surface area contributed by atoms with Crippen LogP contribution in [0, 0.1) is 0 Å². The smallest absolute Gasteiger partial charge is 0.142 e. The van der Waals surface area contributed by atoms with Gasteiger partial charge in [-0.1, -0.05) is 24.3 Å². The van der Waals surface area contributed by atoms with Crippen LogP contribution < -0.4 is 4.90 Å². The minimum Gasteiger partial charge on any atom is -0.365 e. The van der Waals surface area contributed by atoms with Crippen LogP contribution in [0.5, 0.6) is 0 Å². The summed E-state index contributed by atoms with van der Waals surface area (Å²) < 4.78 is 0. The van der Waals surface area contributed by atoms with Gasteiger partial charge in [-0.05, 0) is 30.2 Å². The second kappa shape index (κ2) is 5.30. The number of hydrogen-bond acceptors (Lipinski definition) is 4. The summed E-state index contributed by atoms with van der Waals surface area (Å²) in [7, 11) is 0. The van der Waals surface area contributed by atoms with E-state index in [0.717, 1.165) is 35.9 Å². The molecule has 0 N–H and O–H groups in total. The Morgan fingerprint density at radius 3 is 2.90 bits per heavy atom. The first-order valence-corrected chi connectivity index (χ1v) is 7.97. The van der Waals surface area contributed by atoms with Crippen LogP contribution in [-0.4, -0.2) is 16.5 Å². The summed E-state index contributed by atoms with van der Waals surface area (Å²) in [5, 5.41) is 3.14. The fraction of sp³-hybridized carbons (Fsp3) is 0.176. The van der Waals surface area contributed by atoms with Gasteiger partial charge in [0.1, 0.15) is 5.01 Å². The average molecular weight is 293 g/mol. The van der Waals surface area contributed by atoms with Crippen LogP contribution in [0.25, 0.3) is 10.7 Å². The Bertz CT molecular complexity index is 751. The summed E-state index contributed by atoms with van der Waals surface area (Å²) in [5.41, 5.74) is 4.87. The molecule has 0 fully saturated rings. The van der Waals surface area contributed by atoms with Crippen LogP contribution in [0.1, 0.15) is 11.3 Å². The molecule has 0 spiro atoms. The molecule has 0 saturated carbocycles. The van der Waals surface area contributed by atoms with E-state index in [4.69, 9.17) is 4.98 Å². The van der Waals surface area contributed by atoms with Crippen LogP contribution >= 0.6 is 11.3 Å². The Morgan fingerprint density at radius 1 is 1.10 bits per heavy atom. The normalized spacial score (nSPS) is 13.4. The van der Waals surface area contributed by atoms with E-state index in [0.29, 0.717) is 0 Å². The molecule has 3 heterocycles. The zero-order valence-corrected chi connectivity index (χ0v) is 12.4. The first-order chi connectivity index (χ1) is 10.4. The van der Waals surface area contributed by atoms with Gasteiger partial charge in [-0.15, -0.1) is 11.3 Å². The lowest BCUT2D eigenvalue weighted by molar-refractivity contribution is 0.820. The summed E-state index contributed by atoms with van der Waals surface area (Å²) in [6.45, 7) is 1.95. The van der Waals surface area contributed by atoms with Gasteiger partial charge in [0, 0.05) is 23.8 Å². The molecule has 0 radical (unpaired) electrons. The van der Waals surface area contributed by atoms with Crippen molar-refractivity contribution in [2.75, 3.05) is 11.4 Å². The lowest BCUT2D eigenvalue weighted by atomic mass is 10.2. The maximum Gasteiger partial charge on any atom is 0.142 e. The van der Waals surface area contributed by atoms with E-state index in [1.54, 1.807) is 11.3 Å². The summed E-state index contributed by atoms with van der Waals surface area (Å²) in [5.74, 6) is 0. The van der Waals surface area contributed by atoms with Crippen LogP contribution in [0.4, 0.5) is 5.69 Å². The highest BCUT2D eigenvalue weighted by Crippen LogP contribution is 2.30. The fourth-order valence-corrected chi connectivity index (χ4v) is 3.54. The van der Waals surface area contributed by atoms with Crippen molar-refractivity contribution in [3.8, 4) is 10.7 Å². The fourth-order valence-electron chi connectivity index (χ4n) is 2.75. The van der Waals surface area contributed by atoms with E-state index in [1.807, 2.05) is 24.4 Å². The van der Waals surface area contributed by atoms with Crippen LogP contribution in [-0.2, 0) is 13.0 Å². The Morgan fingerprint density at radius 2 is 2.00 bits per heavy atom. The monoisotopic (exact) mass is 293 g/mol. The van der Waals surface area contributed by atoms with Crippen molar-refractivity contribution in [3.63, 3.8) is 0 Å². The molecule has 1 aliphatic heterocycles. The zero-order valence-electron chi connectivity index (χ0n) is 11.6. The highest BCUT2D eigenvalue weighted by Gasteiger charge is 2.19. The molecule has 3 aromatic rings. The molecule has 1 aliphatic rings. The van der Waals surface area contributed by atoms with Crippen molar-refractivity contribution in [1.29, 1.82) is 0 Å². The number of pyridine rings is 1. The molecule has 4 heteroatoms. The molecule has 0 atom stereocenters. The molecule has 21 heavy (non-hydrogen) atoms. The number of thiazole rings is 1. The summed E-state index contributed by atoms with van der Waals surface area (Å²) >= 11 is 1.67. The molecule has 1 aromatic carbocycles. The van der Waals surface area contributed by atoms with Crippen molar-refractivity contribution in [2.24, 2.45) is 0 Å². The molecular formula is C17H15N3S. The van der Waals surface area contributed by atoms with Crippen molar-refractivity contribution in [1.82, 2.24) is 9.97 Å². The third kappa shape index (κ3) is 2.43. The number of rotatable bonds is 3. The third-order valence-electron chi connectivity index (χ3n) is 3.77. The molecule has 0 unspecified atom stereocenters. The number of nitrogens with zero attached hydrogens (tertiary/aromatic N) is 3. The van der Waals surface area contributed by atoms with E-state index in [9.17, 15) is 0 Å². The van der Waals surface area contributed by atoms with Crippen molar-refractivity contribution >= 4 is 17.0 Å². The maximum atomic E-state index is 4.73. The van der Waals surface area contributed by atoms with Gasteiger partial charge in [0.15, 0.2) is 0 Å². The predicted octanol–water partition coefficient (Wildman–Crippen LogP) is 3.77. The summed E-state index contributed by atoms with van der Waals surface area (Å²) in [6, 6.07) is 14.6. The Labute approximate surface area is 127 Å². The van der Waals surface area contributed by atoms with Crippen LogP contribution in [0.3, 0.4) is 0 Å². The zero-order chi connectivity index (χ0) is 14.1. The first kappa shape index (κ1) is 12.5. The molecule has 0 amide bonds. The Hall–Kier alpha value is -2.20. The van der Waals surface area contributed by atoms with Gasteiger partial charge in [0.05, 0.1) is 17.9 Å². The standard InChI is InChI=1S/C17H15N3S/c1-2-7-16-13(5-1)8-10-20(16)11-14-12-21-17(19-14)15-6-3-4-9-18-15/h1-7,9,12H,8,10-11H2. The van der Waals surface area contributed by atoms with Gasteiger partial charge >= 0.3 is 0 Å². The molecule has 4 rings (SSSR count). The van der Waals surface area contributed by atoms with Gasteiger partial charge in [-0.3, -0.25) is 4.98 Å². The minimum atomic E-state index is 0.875. The SMILES string of the molecule is c1ccc(-c2nc(CN3CCc4ccccc43)cs2)nc1. The number of para-hydroxylation sites is 1. The quantitative estimate of drug-likeness (QED) is 0.736. The Kier molecular flexibility index (Phi) is 3.16.